The van der Waals surface area contributed by atoms with Crippen LogP contribution in [0.5, 0.6) is 0 Å². The molecule has 86 valence electrons. The Morgan fingerprint density at radius 2 is 1.81 bits per heavy atom. The van der Waals surface area contributed by atoms with Crippen molar-refractivity contribution >= 4 is 11.8 Å². The van der Waals surface area contributed by atoms with Crippen molar-refractivity contribution in [3.63, 3.8) is 0 Å². The number of hydrogen-bond acceptors (Lipinski definition) is 3. The predicted molar refractivity (Wildman–Crippen MR) is 51.9 cm³/mol. The van der Waals surface area contributed by atoms with E-state index in [0.717, 1.165) is 18.2 Å². The molecule has 0 N–H and O–H groups in total. The second kappa shape index (κ2) is 5.34. The number of carbonyl (C=O) groups excluding carboxylic acids is 2. The number of halogens is 2. The van der Waals surface area contributed by atoms with Crippen LogP contribution in [0, 0.1) is 11.6 Å². The van der Waals surface area contributed by atoms with Gasteiger partial charge in [0.25, 0.3) is 0 Å². The van der Waals surface area contributed by atoms with Crippen LogP contribution in [-0.2, 0) is 9.53 Å². The molecule has 5 heteroatoms. The summed E-state index contributed by atoms with van der Waals surface area (Å²) in [6, 6.07) is 3.06. The fraction of sp³-hybridized carbons (Fsp3) is 0.273. The highest BCUT2D eigenvalue weighted by atomic mass is 19.1. The first-order valence-electron chi connectivity index (χ1n) is 4.69. The molecule has 0 aromatic heterocycles. The highest BCUT2D eigenvalue weighted by Crippen LogP contribution is 2.14. The van der Waals surface area contributed by atoms with Crippen LogP contribution in [0.2, 0.25) is 0 Å². The average molecular weight is 228 g/mol. The zero-order valence-corrected chi connectivity index (χ0v) is 8.63. The minimum Gasteiger partial charge on any atom is -0.466 e. The molecule has 0 heterocycles. The third kappa shape index (κ3) is 2.85. The first-order chi connectivity index (χ1) is 7.56. The fourth-order valence-electron chi connectivity index (χ4n) is 1.20. The number of hydrogen-bond donors (Lipinski definition) is 0. The van der Waals surface area contributed by atoms with E-state index in [4.69, 9.17) is 0 Å². The number of Topliss-reactive ketones (excluding diaryl/α,β-unsaturated/α-hetero) is 1. The Morgan fingerprint density at radius 3 is 2.31 bits per heavy atom. The van der Waals surface area contributed by atoms with Crippen LogP contribution >= 0.6 is 0 Å². The lowest BCUT2D eigenvalue weighted by Crippen LogP contribution is -2.14. The molecule has 1 rings (SSSR count). The number of ketones is 1. The molecule has 0 aliphatic carbocycles. The molecule has 0 fully saturated rings. The molecule has 0 bridgehead atoms. The first kappa shape index (κ1) is 12.3. The SMILES string of the molecule is CCOC(=O)CC(=O)c1c(F)cccc1F. The third-order valence-electron chi connectivity index (χ3n) is 1.85. The van der Waals surface area contributed by atoms with Crippen molar-refractivity contribution in [2.24, 2.45) is 0 Å². The van der Waals surface area contributed by atoms with Crippen LogP contribution in [0.25, 0.3) is 0 Å². The number of ether oxygens (including phenoxy) is 1. The summed E-state index contributed by atoms with van der Waals surface area (Å²) in [4.78, 5) is 22.4. The second-order valence-corrected chi connectivity index (χ2v) is 3.00. The Bertz CT molecular complexity index is 395. The molecule has 0 saturated carbocycles. The van der Waals surface area contributed by atoms with Crippen LogP contribution in [-0.4, -0.2) is 18.4 Å². The molecule has 0 aliphatic rings. The summed E-state index contributed by atoms with van der Waals surface area (Å²) in [6.07, 6.45) is -0.661. The maximum atomic E-state index is 13.1. The summed E-state index contributed by atoms with van der Waals surface area (Å²) >= 11 is 0. The van der Waals surface area contributed by atoms with Gasteiger partial charge in [-0.15, -0.1) is 0 Å². The van der Waals surface area contributed by atoms with Crippen molar-refractivity contribution in [2.45, 2.75) is 13.3 Å². The van der Waals surface area contributed by atoms with E-state index >= 15 is 0 Å². The van der Waals surface area contributed by atoms with Crippen LogP contribution in [0.1, 0.15) is 23.7 Å². The van der Waals surface area contributed by atoms with Crippen LogP contribution < -0.4 is 0 Å². The average Bonchev–Trinajstić information content (AvgIpc) is 2.17. The van der Waals surface area contributed by atoms with Gasteiger partial charge in [0, 0.05) is 0 Å². The molecule has 16 heavy (non-hydrogen) atoms. The zero-order chi connectivity index (χ0) is 12.1. The lowest BCUT2D eigenvalue weighted by atomic mass is 10.1. The van der Waals surface area contributed by atoms with Gasteiger partial charge in [-0.3, -0.25) is 9.59 Å². The van der Waals surface area contributed by atoms with Crippen LogP contribution in [0.3, 0.4) is 0 Å². The summed E-state index contributed by atoms with van der Waals surface area (Å²) in [5.41, 5.74) is -0.699. The summed E-state index contributed by atoms with van der Waals surface area (Å²) in [5.74, 6) is -3.67. The number of benzene rings is 1. The second-order valence-electron chi connectivity index (χ2n) is 3.00. The van der Waals surface area contributed by atoms with Gasteiger partial charge in [-0.25, -0.2) is 8.78 Å². The van der Waals surface area contributed by atoms with Crippen molar-refractivity contribution in [1.29, 1.82) is 0 Å². The lowest BCUT2D eigenvalue weighted by Gasteiger charge is -2.03. The van der Waals surface area contributed by atoms with Gasteiger partial charge in [-0.1, -0.05) is 6.07 Å². The van der Waals surface area contributed by atoms with Gasteiger partial charge in [0.05, 0.1) is 12.2 Å². The standard InChI is InChI=1S/C11H10F2O3/c1-2-16-10(15)6-9(14)11-7(12)4-3-5-8(11)13/h3-5H,2,6H2,1H3. The molecule has 0 spiro atoms. The van der Waals surface area contributed by atoms with E-state index in [1.54, 1.807) is 6.92 Å². The zero-order valence-electron chi connectivity index (χ0n) is 8.63. The van der Waals surface area contributed by atoms with Crippen molar-refractivity contribution in [2.75, 3.05) is 6.61 Å². The van der Waals surface area contributed by atoms with Crippen LogP contribution in [0.4, 0.5) is 8.78 Å². The Hall–Kier alpha value is -1.78. The normalized spacial score (nSPS) is 9.94. The monoisotopic (exact) mass is 228 g/mol. The maximum Gasteiger partial charge on any atom is 0.313 e. The Balaban J connectivity index is 2.85. The smallest absolute Gasteiger partial charge is 0.313 e. The molecule has 0 atom stereocenters. The van der Waals surface area contributed by atoms with Gasteiger partial charge < -0.3 is 4.74 Å². The molecule has 0 amide bonds. The minimum atomic E-state index is -0.978. The van der Waals surface area contributed by atoms with Gasteiger partial charge in [0.15, 0.2) is 5.78 Å². The Kier molecular flexibility index (Phi) is 4.10. The van der Waals surface area contributed by atoms with Gasteiger partial charge in [0.1, 0.15) is 18.1 Å². The molecule has 1 aromatic rings. The highest BCUT2D eigenvalue weighted by Gasteiger charge is 2.20. The number of carbonyl (C=O) groups is 2. The molecular weight excluding hydrogens is 218 g/mol. The number of rotatable bonds is 4. The summed E-state index contributed by atoms with van der Waals surface area (Å²) in [6.45, 7) is 1.69. The molecular formula is C11H10F2O3. The lowest BCUT2D eigenvalue weighted by molar-refractivity contribution is -0.141. The molecule has 0 radical (unpaired) electrons. The summed E-state index contributed by atoms with van der Waals surface area (Å²) in [7, 11) is 0. The minimum absolute atomic E-state index is 0.117. The quantitative estimate of drug-likeness (QED) is 0.450. The Labute approximate surface area is 91.0 Å². The topological polar surface area (TPSA) is 43.4 Å². The fourth-order valence-corrected chi connectivity index (χ4v) is 1.20. The molecule has 0 aliphatic heterocycles. The summed E-state index contributed by atoms with van der Waals surface area (Å²) in [5, 5.41) is 0. The summed E-state index contributed by atoms with van der Waals surface area (Å²) < 4.78 is 30.8. The van der Waals surface area contributed by atoms with Crippen molar-refractivity contribution < 1.29 is 23.1 Å². The third-order valence-corrected chi connectivity index (χ3v) is 1.85. The van der Waals surface area contributed by atoms with Gasteiger partial charge in [-0.2, -0.15) is 0 Å². The van der Waals surface area contributed by atoms with Crippen LogP contribution in [0.15, 0.2) is 18.2 Å². The molecule has 0 unspecified atom stereocenters. The van der Waals surface area contributed by atoms with Crippen molar-refractivity contribution in [3.8, 4) is 0 Å². The van der Waals surface area contributed by atoms with E-state index in [2.05, 4.69) is 4.74 Å². The maximum absolute atomic E-state index is 13.1. The predicted octanol–water partition coefficient (Wildman–Crippen LogP) is 2.10. The first-order valence-corrected chi connectivity index (χ1v) is 4.69. The Morgan fingerprint density at radius 1 is 1.25 bits per heavy atom. The molecule has 0 saturated heterocycles. The number of esters is 1. The van der Waals surface area contributed by atoms with Gasteiger partial charge in [0.2, 0.25) is 0 Å². The van der Waals surface area contributed by atoms with E-state index in [1.807, 2.05) is 0 Å². The van der Waals surface area contributed by atoms with Gasteiger partial charge in [-0.05, 0) is 19.1 Å². The highest BCUT2D eigenvalue weighted by molar-refractivity contribution is 6.06. The molecule has 1 aromatic carbocycles. The van der Waals surface area contributed by atoms with Crippen molar-refractivity contribution in [1.82, 2.24) is 0 Å². The van der Waals surface area contributed by atoms with Crippen molar-refractivity contribution in [3.05, 3.63) is 35.4 Å². The van der Waals surface area contributed by atoms with E-state index < -0.39 is 35.4 Å². The largest absolute Gasteiger partial charge is 0.466 e. The van der Waals surface area contributed by atoms with E-state index in [1.165, 1.54) is 0 Å². The van der Waals surface area contributed by atoms with E-state index in [0.29, 0.717) is 0 Å². The van der Waals surface area contributed by atoms with Gasteiger partial charge >= 0.3 is 5.97 Å². The van der Waals surface area contributed by atoms with E-state index in [9.17, 15) is 18.4 Å². The van der Waals surface area contributed by atoms with E-state index in [-0.39, 0.29) is 6.61 Å². The molecule has 3 nitrogen and oxygen atoms in total.